The summed E-state index contributed by atoms with van der Waals surface area (Å²) in [5, 5.41) is 5.79. The van der Waals surface area contributed by atoms with Crippen molar-refractivity contribution in [2.24, 2.45) is 0 Å². The fourth-order valence-electron chi connectivity index (χ4n) is 2.31. The maximum atomic E-state index is 12.4. The molecule has 2 rings (SSSR count). The molecule has 2 amide bonds. The molecule has 0 aliphatic rings. The molecule has 0 unspecified atom stereocenters. The van der Waals surface area contributed by atoms with Crippen LogP contribution in [0.1, 0.15) is 22.8 Å². The Balaban J connectivity index is 1.95. The summed E-state index contributed by atoms with van der Waals surface area (Å²) in [7, 11) is 3.45. The van der Waals surface area contributed by atoms with Crippen LogP contribution in [0.25, 0.3) is 0 Å². The summed E-state index contributed by atoms with van der Waals surface area (Å²) < 4.78 is 5.46. The van der Waals surface area contributed by atoms with Gasteiger partial charge < -0.3 is 15.0 Å². The van der Waals surface area contributed by atoms with E-state index in [1.165, 1.54) is 0 Å². The molecule has 7 heteroatoms. The van der Waals surface area contributed by atoms with Crippen LogP contribution in [0.2, 0.25) is 0 Å². The number of thiocarbonyl (C=S) groups is 1. The van der Waals surface area contributed by atoms with Crippen LogP contribution < -0.4 is 15.4 Å². The molecule has 0 saturated heterocycles. The molecule has 0 spiro atoms. The smallest absolute Gasteiger partial charge is 0.261 e. The Bertz CT molecular complexity index is 819. The van der Waals surface area contributed by atoms with E-state index < -0.39 is 0 Å². The largest absolute Gasteiger partial charge is 0.493 e. The minimum absolute atomic E-state index is 0.0338. The van der Waals surface area contributed by atoms with Gasteiger partial charge in [0.25, 0.3) is 5.91 Å². The Labute approximate surface area is 164 Å². The van der Waals surface area contributed by atoms with Gasteiger partial charge in [-0.2, -0.15) is 0 Å². The van der Waals surface area contributed by atoms with Crippen molar-refractivity contribution in [1.29, 1.82) is 0 Å². The highest BCUT2D eigenvalue weighted by Gasteiger charge is 2.13. The van der Waals surface area contributed by atoms with Gasteiger partial charge in [0, 0.05) is 19.8 Å². The molecule has 0 radical (unpaired) electrons. The van der Waals surface area contributed by atoms with Gasteiger partial charge in [-0.15, -0.1) is 0 Å². The molecule has 0 aromatic heterocycles. The molecular weight excluding hydrogens is 362 g/mol. The highest BCUT2D eigenvalue weighted by Crippen LogP contribution is 2.18. The van der Waals surface area contributed by atoms with Gasteiger partial charge in [-0.05, 0) is 49.0 Å². The van der Waals surface area contributed by atoms with Gasteiger partial charge in [0.1, 0.15) is 5.75 Å². The van der Waals surface area contributed by atoms with Crippen molar-refractivity contribution in [2.45, 2.75) is 13.3 Å². The molecule has 2 aromatic carbocycles. The average Bonchev–Trinajstić information content (AvgIpc) is 2.63. The standard InChI is InChI=1S/C20H23N3O3S/c1-4-26-17-8-6-5-7-16(17)19(25)22-20(27)21-15-11-9-14(10-12-15)13-18(24)23(2)3/h5-12H,4,13H2,1-3H3,(H2,21,22,25,27). The number of carbonyl (C=O) groups excluding carboxylic acids is 2. The van der Waals surface area contributed by atoms with Crippen molar-refractivity contribution in [3.8, 4) is 5.75 Å². The molecule has 0 saturated carbocycles. The second-order valence-electron chi connectivity index (χ2n) is 6.00. The summed E-state index contributed by atoms with van der Waals surface area (Å²) in [4.78, 5) is 25.7. The first-order valence-electron chi connectivity index (χ1n) is 8.54. The van der Waals surface area contributed by atoms with E-state index in [0.717, 1.165) is 11.3 Å². The fourth-order valence-corrected chi connectivity index (χ4v) is 2.52. The number of para-hydroxylation sites is 1. The van der Waals surface area contributed by atoms with Crippen molar-refractivity contribution in [2.75, 3.05) is 26.0 Å². The van der Waals surface area contributed by atoms with Crippen molar-refractivity contribution in [3.05, 3.63) is 59.7 Å². The number of ether oxygens (including phenoxy) is 1. The monoisotopic (exact) mass is 385 g/mol. The Kier molecular flexibility index (Phi) is 7.31. The number of amides is 2. The first-order chi connectivity index (χ1) is 12.9. The van der Waals surface area contributed by atoms with Gasteiger partial charge in [0.2, 0.25) is 5.91 Å². The van der Waals surface area contributed by atoms with E-state index in [0.29, 0.717) is 24.3 Å². The van der Waals surface area contributed by atoms with Crippen LogP contribution in [0.3, 0.4) is 0 Å². The van der Waals surface area contributed by atoms with Gasteiger partial charge in [-0.3, -0.25) is 14.9 Å². The number of hydrogen-bond donors (Lipinski definition) is 2. The number of likely N-dealkylation sites (N-methyl/N-ethyl adjacent to an activating group) is 1. The van der Waals surface area contributed by atoms with Gasteiger partial charge >= 0.3 is 0 Å². The average molecular weight is 385 g/mol. The third-order valence-electron chi connectivity index (χ3n) is 3.72. The molecule has 2 aromatic rings. The summed E-state index contributed by atoms with van der Waals surface area (Å²) in [5.74, 6) is 0.200. The predicted molar refractivity (Wildman–Crippen MR) is 110 cm³/mol. The Morgan fingerprint density at radius 3 is 2.37 bits per heavy atom. The lowest BCUT2D eigenvalue weighted by Gasteiger charge is -2.13. The zero-order chi connectivity index (χ0) is 19.8. The first-order valence-corrected chi connectivity index (χ1v) is 8.94. The number of hydrogen-bond acceptors (Lipinski definition) is 4. The molecule has 0 aliphatic heterocycles. The quantitative estimate of drug-likeness (QED) is 0.749. The number of nitrogens with zero attached hydrogens (tertiary/aromatic N) is 1. The summed E-state index contributed by atoms with van der Waals surface area (Å²) in [5.41, 5.74) is 2.04. The van der Waals surface area contributed by atoms with E-state index in [-0.39, 0.29) is 16.9 Å². The summed E-state index contributed by atoms with van der Waals surface area (Å²) in [6.45, 7) is 2.33. The number of nitrogens with one attached hydrogen (secondary N) is 2. The number of anilines is 1. The van der Waals surface area contributed by atoms with E-state index >= 15 is 0 Å². The Morgan fingerprint density at radius 2 is 1.74 bits per heavy atom. The van der Waals surface area contributed by atoms with Crippen LogP contribution in [0, 0.1) is 0 Å². The van der Waals surface area contributed by atoms with Crippen molar-refractivity contribution in [3.63, 3.8) is 0 Å². The van der Waals surface area contributed by atoms with Gasteiger partial charge in [0.15, 0.2) is 5.11 Å². The number of benzene rings is 2. The van der Waals surface area contributed by atoms with Crippen molar-refractivity contribution in [1.82, 2.24) is 10.2 Å². The normalized spacial score (nSPS) is 10.0. The minimum atomic E-state index is -0.343. The summed E-state index contributed by atoms with van der Waals surface area (Å²) in [6, 6.07) is 14.3. The summed E-state index contributed by atoms with van der Waals surface area (Å²) >= 11 is 5.21. The molecule has 0 atom stereocenters. The zero-order valence-corrected chi connectivity index (χ0v) is 16.4. The lowest BCUT2D eigenvalue weighted by atomic mass is 10.1. The third kappa shape index (κ3) is 6.07. The second kappa shape index (κ2) is 9.68. The Morgan fingerprint density at radius 1 is 1.07 bits per heavy atom. The minimum Gasteiger partial charge on any atom is -0.493 e. The topological polar surface area (TPSA) is 70.7 Å². The van der Waals surface area contributed by atoms with Crippen molar-refractivity contribution < 1.29 is 14.3 Å². The van der Waals surface area contributed by atoms with Gasteiger partial charge in [-0.1, -0.05) is 24.3 Å². The maximum Gasteiger partial charge on any atom is 0.261 e. The molecule has 2 N–H and O–H groups in total. The van der Waals surface area contributed by atoms with Crippen LogP contribution in [0.5, 0.6) is 5.75 Å². The number of carbonyl (C=O) groups is 2. The molecule has 0 bridgehead atoms. The lowest BCUT2D eigenvalue weighted by molar-refractivity contribution is -0.127. The van der Waals surface area contributed by atoms with E-state index in [4.69, 9.17) is 17.0 Å². The van der Waals surface area contributed by atoms with Crippen LogP contribution in [-0.2, 0) is 11.2 Å². The molecule has 0 heterocycles. The lowest BCUT2D eigenvalue weighted by Crippen LogP contribution is -2.34. The first kappa shape index (κ1) is 20.4. The molecule has 27 heavy (non-hydrogen) atoms. The van der Waals surface area contributed by atoms with Gasteiger partial charge in [0.05, 0.1) is 18.6 Å². The maximum absolute atomic E-state index is 12.4. The highest BCUT2D eigenvalue weighted by molar-refractivity contribution is 7.80. The fraction of sp³-hybridized carbons (Fsp3) is 0.250. The van der Waals surface area contributed by atoms with Crippen LogP contribution in [0.15, 0.2) is 48.5 Å². The molecule has 0 fully saturated rings. The van der Waals surface area contributed by atoms with E-state index in [2.05, 4.69) is 10.6 Å². The second-order valence-corrected chi connectivity index (χ2v) is 6.41. The highest BCUT2D eigenvalue weighted by atomic mass is 32.1. The van der Waals surface area contributed by atoms with E-state index in [1.807, 2.05) is 31.2 Å². The number of rotatable bonds is 6. The van der Waals surface area contributed by atoms with Crippen LogP contribution >= 0.6 is 12.2 Å². The SMILES string of the molecule is CCOc1ccccc1C(=O)NC(=S)Nc1ccc(CC(=O)N(C)C)cc1. The third-order valence-corrected chi connectivity index (χ3v) is 3.93. The van der Waals surface area contributed by atoms with Crippen LogP contribution in [-0.4, -0.2) is 42.5 Å². The molecule has 0 aliphatic carbocycles. The van der Waals surface area contributed by atoms with Crippen LogP contribution in [0.4, 0.5) is 5.69 Å². The Hall–Kier alpha value is -2.93. The molecule has 6 nitrogen and oxygen atoms in total. The van der Waals surface area contributed by atoms with Gasteiger partial charge in [-0.25, -0.2) is 0 Å². The van der Waals surface area contributed by atoms with E-state index in [1.54, 1.807) is 43.3 Å². The summed E-state index contributed by atoms with van der Waals surface area (Å²) in [6.07, 6.45) is 0.336. The zero-order valence-electron chi connectivity index (χ0n) is 15.6. The molecular formula is C20H23N3O3S. The molecule has 142 valence electrons. The van der Waals surface area contributed by atoms with Crippen molar-refractivity contribution >= 4 is 34.8 Å². The van der Waals surface area contributed by atoms with E-state index in [9.17, 15) is 9.59 Å². The predicted octanol–water partition coefficient (Wildman–Crippen LogP) is 2.84.